The van der Waals surface area contributed by atoms with Crippen LogP contribution >= 0.6 is 22.9 Å². The maximum absolute atomic E-state index is 13.2. The Morgan fingerprint density at radius 2 is 1.89 bits per heavy atom. The van der Waals surface area contributed by atoms with Crippen molar-refractivity contribution in [2.75, 3.05) is 13.1 Å². The van der Waals surface area contributed by atoms with Gasteiger partial charge in [-0.1, -0.05) is 29.8 Å². The first-order valence-electron chi connectivity index (χ1n) is 11.7. The molecule has 1 atom stereocenters. The largest absolute Gasteiger partial charge is 0.480 e. The van der Waals surface area contributed by atoms with Gasteiger partial charge in [0.2, 0.25) is 0 Å². The quantitative estimate of drug-likeness (QED) is 0.422. The Hall–Kier alpha value is -3.69. The number of carbonyl (C=O) groups is 4. The minimum Gasteiger partial charge on any atom is -0.480 e. The monoisotopic (exact) mass is 539 g/mol. The van der Waals surface area contributed by atoms with Crippen molar-refractivity contribution in [3.63, 3.8) is 0 Å². The Balaban J connectivity index is 1.49. The van der Waals surface area contributed by atoms with Gasteiger partial charge in [0.15, 0.2) is 0 Å². The van der Waals surface area contributed by atoms with Gasteiger partial charge in [-0.3, -0.25) is 14.4 Å². The van der Waals surface area contributed by atoms with Gasteiger partial charge in [0, 0.05) is 35.8 Å². The highest BCUT2D eigenvalue weighted by molar-refractivity contribution is 7.12. The first-order chi connectivity index (χ1) is 17.7. The molecule has 10 heteroatoms. The second-order valence-electron chi connectivity index (χ2n) is 8.87. The van der Waals surface area contributed by atoms with E-state index in [1.165, 1.54) is 11.3 Å². The van der Waals surface area contributed by atoms with Crippen LogP contribution in [0.4, 0.5) is 0 Å². The fraction of sp³-hybridized carbons (Fsp3) is 0.259. The van der Waals surface area contributed by atoms with Crippen molar-refractivity contribution >= 4 is 46.6 Å². The highest BCUT2D eigenvalue weighted by Gasteiger charge is 2.28. The summed E-state index contributed by atoms with van der Waals surface area (Å²) in [5, 5.41) is 17.0. The van der Waals surface area contributed by atoms with Crippen LogP contribution in [0.15, 0.2) is 47.8 Å². The first-order valence-corrected chi connectivity index (χ1v) is 12.9. The number of aliphatic carboxylic acids is 1. The summed E-state index contributed by atoms with van der Waals surface area (Å²) < 4.78 is 0. The van der Waals surface area contributed by atoms with Gasteiger partial charge < -0.3 is 20.6 Å². The SMILES string of the molecule is Cc1cc2c(c(C)c1C(=O)N[C@@H](CNC(=O)c1cccs1)C(=O)O)CCN(C(=O)c1cccc(Cl)c1)C2. The molecule has 1 aliphatic rings. The van der Waals surface area contributed by atoms with E-state index in [0.717, 1.165) is 16.7 Å². The minimum absolute atomic E-state index is 0.112. The lowest BCUT2D eigenvalue weighted by molar-refractivity contribution is -0.139. The first kappa shape index (κ1) is 26.4. The molecule has 3 amide bonds. The van der Waals surface area contributed by atoms with Crippen LogP contribution < -0.4 is 10.6 Å². The highest BCUT2D eigenvalue weighted by Crippen LogP contribution is 2.29. The molecule has 4 rings (SSSR count). The normalized spacial score (nSPS) is 13.4. The molecule has 0 unspecified atom stereocenters. The summed E-state index contributed by atoms with van der Waals surface area (Å²) >= 11 is 7.29. The highest BCUT2D eigenvalue weighted by atomic mass is 35.5. The van der Waals surface area contributed by atoms with E-state index < -0.39 is 23.8 Å². The van der Waals surface area contributed by atoms with Gasteiger partial charge in [-0.05, 0) is 72.2 Å². The summed E-state index contributed by atoms with van der Waals surface area (Å²) in [6.45, 7) is 4.26. The number of halogens is 1. The van der Waals surface area contributed by atoms with Crippen molar-refractivity contribution in [2.24, 2.45) is 0 Å². The number of benzene rings is 2. The number of nitrogens with zero attached hydrogens (tertiary/aromatic N) is 1. The van der Waals surface area contributed by atoms with E-state index >= 15 is 0 Å². The molecule has 0 radical (unpaired) electrons. The van der Waals surface area contributed by atoms with Gasteiger partial charge in [0.05, 0.1) is 4.88 Å². The van der Waals surface area contributed by atoms with Crippen LogP contribution in [0, 0.1) is 13.8 Å². The zero-order valence-corrected chi connectivity index (χ0v) is 21.9. The molecule has 3 aromatic rings. The van der Waals surface area contributed by atoms with Crippen molar-refractivity contribution < 1.29 is 24.3 Å². The smallest absolute Gasteiger partial charge is 0.328 e. The Morgan fingerprint density at radius 3 is 2.57 bits per heavy atom. The van der Waals surface area contributed by atoms with Crippen molar-refractivity contribution in [3.05, 3.63) is 91.1 Å². The molecule has 0 bridgehead atoms. The van der Waals surface area contributed by atoms with Gasteiger partial charge in [-0.25, -0.2) is 4.79 Å². The maximum atomic E-state index is 13.2. The Bertz CT molecular complexity index is 1370. The number of thiophene rings is 1. The van der Waals surface area contributed by atoms with E-state index in [1.54, 1.807) is 53.6 Å². The van der Waals surface area contributed by atoms with Crippen LogP contribution in [0.25, 0.3) is 0 Å². The number of carbonyl (C=O) groups excluding carboxylic acids is 3. The average Bonchev–Trinajstić information content (AvgIpc) is 3.40. The average molecular weight is 540 g/mol. The number of hydrogen-bond acceptors (Lipinski definition) is 5. The standard InChI is InChI=1S/C27H26ClN3O5S/c1-15-11-18-14-31(26(34)17-5-3-6-19(28)12-17)9-8-20(18)16(2)23(15)25(33)30-21(27(35)36)13-29-24(32)22-7-4-10-37-22/h3-7,10-12,21H,8-9,13-14H2,1-2H3,(H,29,32)(H,30,33)(H,35,36)/t21-/m0/s1. The zero-order valence-electron chi connectivity index (χ0n) is 20.3. The number of hydrogen-bond donors (Lipinski definition) is 3. The molecule has 3 N–H and O–H groups in total. The summed E-state index contributed by atoms with van der Waals surface area (Å²) in [6.07, 6.45) is 0.563. The number of aryl methyl sites for hydroxylation is 1. The number of carboxylic acid groups (broad SMARTS) is 1. The van der Waals surface area contributed by atoms with Gasteiger partial charge >= 0.3 is 5.97 Å². The van der Waals surface area contributed by atoms with Crippen LogP contribution in [0.3, 0.4) is 0 Å². The lowest BCUT2D eigenvalue weighted by Crippen LogP contribution is -2.48. The number of amides is 3. The summed E-state index contributed by atoms with van der Waals surface area (Å²) in [7, 11) is 0. The summed E-state index contributed by atoms with van der Waals surface area (Å²) in [5.74, 6) is -2.27. The summed E-state index contributed by atoms with van der Waals surface area (Å²) in [5.41, 5.74) is 4.29. The predicted molar refractivity (Wildman–Crippen MR) is 141 cm³/mol. The third-order valence-electron chi connectivity index (χ3n) is 6.39. The molecular weight excluding hydrogens is 514 g/mol. The molecule has 0 saturated heterocycles. The summed E-state index contributed by atoms with van der Waals surface area (Å²) in [6, 6.07) is 10.8. The van der Waals surface area contributed by atoms with Gasteiger partial charge in [0.25, 0.3) is 17.7 Å². The molecule has 0 spiro atoms. The Morgan fingerprint density at radius 1 is 1.11 bits per heavy atom. The molecule has 192 valence electrons. The number of carboxylic acids is 1. The van der Waals surface area contributed by atoms with Crippen molar-refractivity contribution in [1.82, 2.24) is 15.5 Å². The molecule has 2 aromatic carbocycles. The molecule has 2 heterocycles. The molecule has 8 nitrogen and oxygen atoms in total. The van der Waals surface area contributed by atoms with E-state index in [0.29, 0.717) is 46.1 Å². The lowest BCUT2D eigenvalue weighted by atomic mass is 9.88. The molecule has 1 aliphatic heterocycles. The topological polar surface area (TPSA) is 116 Å². The van der Waals surface area contributed by atoms with E-state index in [1.807, 2.05) is 13.0 Å². The van der Waals surface area contributed by atoms with Gasteiger partial charge in [-0.2, -0.15) is 0 Å². The number of fused-ring (bicyclic) bond motifs is 1. The molecule has 1 aromatic heterocycles. The van der Waals surface area contributed by atoms with Crippen LogP contribution in [0.5, 0.6) is 0 Å². The maximum Gasteiger partial charge on any atom is 0.328 e. The van der Waals surface area contributed by atoms with E-state index in [4.69, 9.17) is 11.6 Å². The molecule has 0 fully saturated rings. The predicted octanol–water partition coefficient (Wildman–Crippen LogP) is 3.83. The number of rotatable bonds is 7. The Kier molecular flexibility index (Phi) is 7.94. The lowest BCUT2D eigenvalue weighted by Gasteiger charge is -2.31. The fourth-order valence-corrected chi connectivity index (χ4v) is 5.41. The van der Waals surface area contributed by atoms with Gasteiger partial charge in [-0.15, -0.1) is 11.3 Å². The summed E-state index contributed by atoms with van der Waals surface area (Å²) in [4.78, 5) is 52.4. The van der Waals surface area contributed by atoms with Crippen LogP contribution in [-0.2, 0) is 17.8 Å². The molecule has 0 saturated carbocycles. The molecule has 37 heavy (non-hydrogen) atoms. The second kappa shape index (κ2) is 11.1. The van der Waals surface area contributed by atoms with Crippen LogP contribution in [0.1, 0.15) is 52.6 Å². The molecule has 0 aliphatic carbocycles. The fourth-order valence-electron chi connectivity index (χ4n) is 4.58. The van der Waals surface area contributed by atoms with E-state index in [9.17, 15) is 24.3 Å². The number of nitrogens with one attached hydrogen (secondary N) is 2. The van der Waals surface area contributed by atoms with Crippen molar-refractivity contribution in [1.29, 1.82) is 0 Å². The minimum atomic E-state index is -1.29. The second-order valence-corrected chi connectivity index (χ2v) is 10.3. The van der Waals surface area contributed by atoms with E-state index in [-0.39, 0.29) is 12.5 Å². The van der Waals surface area contributed by atoms with Crippen molar-refractivity contribution in [2.45, 2.75) is 32.9 Å². The third kappa shape index (κ3) is 5.84. The zero-order chi connectivity index (χ0) is 26.7. The van der Waals surface area contributed by atoms with Crippen LogP contribution in [0.2, 0.25) is 5.02 Å². The Labute approximate surface area is 223 Å². The van der Waals surface area contributed by atoms with Crippen LogP contribution in [-0.4, -0.2) is 52.8 Å². The third-order valence-corrected chi connectivity index (χ3v) is 7.50. The molecular formula is C27H26ClN3O5S. The van der Waals surface area contributed by atoms with Crippen molar-refractivity contribution in [3.8, 4) is 0 Å². The van der Waals surface area contributed by atoms with Gasteiger partial charge in [0.1, 0.15) is 6.04 Å². The van der Waals surface area contributed by atoms with E-state index in [2.05, 4.69) is 10.6 Å².